The molecule has 4 rings (SSSR count). The molecule has 0 saturated carbocycles. The molecule has 0 aliphatic carbocycles. The second-order valence-corrected chi connectivity index (χ2v) is 10.2. The summed E-state index contributed by atoms with van der Waals surface area (Å²) in [5.74, 6) is -0.227. The summed E-state index contributed by atoms with van der Waals surface area (Å²) in [6.07, 6.45) is -1.32. The fraction of sp³-hybridized carbons (Fsp3) is 0.292. The number of phenols is 2. The van der Waals surface area contributed by atoms with Crippen LogP contribution in [0.5, 0.6) is 23.0 Å². The van der Waals surface area contributed by atoms with Crippen molar-refractivity contribution < 1.29 is 38.8 Å². The van der Waals surface area contributed by atoms with E-state index in [0.29, 0.717) is 27.1 Å². The van der Waals surface area contributed by atoms with Crippen LogP contribution in [0.1, 0.15) is 5.01 Å². The number of aliphatic imine (C=N–C) groups is 1. The molecule has 2 N–H and O–H groups in total. The summed E-state index contributed by atoms with van der Waals surface area (Å²) in [5.41, 5.74) is 0.713. The Bertz CT molecular complexity index is 1410. The quantitative estimate of drug-likeness (QED) is 0.325. The van der Waals surface area contributed by atoms with Crippen LogP contribution in [0.3, 0.4) is 0 Å². The molecule has 2 amide bonds. The van der Waals surface area contributed by atoms with E-state index < -0.39 is 24.0 Å². The number of aromatic nitrogens is 1. The van der Waals surface area contributed by atoms with Gasteiger partial charge in [0.1, 0.15) is 21.6 Å². The normalized spacial score (nSPS) is 14.6. The van der Waals surface area contributed by atoms with Crippen molar-refractivity contribution >= 4 is 56.5 Å². The lowest BCUT2D eigenvalue weighted by Crippen LogP contribution is -2.39. The number of carbonyl (C=O) groups excluding carboxylic acids is 3. The zero-order chi connectivity index (χ0) is 27.4. The van der Waals surface area contributed by atoms with Crippen LogP contribution in [-0.4, -0.2) is 94.3 Å². The molecule has 2 heterocycles. The van der Waals surface area contributed by atoms with Crippen LogP contribution in [0.25, 0.3) is 10.2 Å². The van der Waals surface area contributed by atoms with Gasteiger partial charge in [0, 0.05) is 45.1 Å². The fourth-order valence-electron chi connectivity index (χ4n) is 3.21. The number of carbonyl (C=O) groups is 3. The highest BCUT2D eigenvalue weighted by Gasteiger charge is 2.28. The molecule has 0 bridgehead atoms. The number of thioether (sulfide) groups is 1. The van der Waals surface area contributed by atoms with E-state index in [0.717, 1.165) is 10.8 Å². The smallest absolute Gasteiger partial charge is 0.415 e. The second-order valence-electron chi connectivity index (χ2n) is 8.16. The molecule has 2 aromatic carbocycles. The Morgan fingerprint density at radius 2 is 1.61 bits per heavy atom. The number of likely N-dealkylation sites (N-methyl/N-ethyl adjacent to an activating group) is 2. The molecule has 1 aliphatic heterocycles. The third-order valence-electron chi connectivity index (χ3n) is 5.42. The van der Waals surface area contributed by atoms with Gasteiger partial charge in [0.2, 0.25) is 0 Å². The number of esters is 1. The van der Waals surface area contributed by atoms with Crippen molar-refractivity contribution in [3.8, 4) is 23.0 Å². The molecule has 1 atom stereocenters. The van der Waals surface area contributed by atoms with Gasteiger partial charge in [-0.1, -0.05) is 0 Å². The highest BCUT2D eigenvalue weighted by molar-refractivity contribution is 8.15. The number of rotatable bonds is 7. The standard InChI is InChI=1S/C24H24N4O8S2/c1-27(23(32)35-13-5-7-17(29)18(30)10-13)8-9-28(2)24(33)36-14-4-6-15-19(11-14)38-21(25-15)20-26-16(12-37-20)22(31)34-3/h4-7,10-11,16,29-30H,8-9,12H2,1-3H3/t16-/m1/s1. The number of amides is 2. The van der Waals surface area contributed by atoms with E-state index in [4.69, 9.17) is 14.2 Å². The molecule has 0 unspecified atom stereocenters. The molecule has 1 aliphatic rings. The minimum absolute atomic E-state index is 0.0633. The Kier molecular flexibility index (Phi) is 8.22. The Balaban J connectivity index is 1.31. The summed E-state index contributed by atoms with van der Waals surface area (Å²) in [4.78, 5) is 48.1. The van der Waals surface area contributed by atoms with Gasteiger partial charge in [0.05, 0.1) is 17.3 Å². The number of thiazole rings is 1. The van der Waals surface area contributed by atoms with Crippen molar-refractivity contribution in [1.82, 2.24) is 14.8 Å². The van der Waals surface area contributed by atoms with Gasteiger partial charge >= 0.3 is 18.2 Å². The predicted molar refractivity (Wildman–Crippen MR) is 141 cm³/mol. The number of fused-ring (bicyclic) bond motifs is 1. The average Bonchev–Trinajstić information content (AvgIpc) is 3.56. The van der Waals surface area contributed by atoms with Gasteiger partial charge in [0.25, 0.3) is 0 Å². The summed E-state index contributed by atoms with van der Waals surface area (Å²) in [5, 5.41) is 20.2. The molecule has 1 aromatic heterocycles. The van der Waals surface area contributed by atoms with Crippen LogP contribution in [-0.2, 0) is 9.53 Å². The lowest BCUT2D eigenvalue weighted by molar-refractivity contribution is -0.141. The van der Waals surface area contributed by atoms with E-state index in [1.54, 1.807) is 18.2 Å². The third kappa shape index (κ3) is 6.26. The highest BCUT2D eigenvalue weighted by Crippen LogP contribution is 2.32. The molecule has 0 fully saturated rings. The van der Waals surface area contributed by atoms with Crippen molar-refractivity contribution in [2.24, 2.45) is 4.99 Å². The fourth-order valence-corrected chi connectivity index (χ4v) is 5.30. The number of benzene rings is 2. The van der Waals surface area contributed by atoms with Gasteiger partial charge in [-0.05, 0) is 24.3 Å². The van der Waals surface area contributed by atoms with Crippen molar-refractivity contribution in [1.29, 1.82) is 0 Å². The zero-order valence-electron chi connectivity index (χ0n) is 20.6. The average molecular weight is 561 g/mol. The minimum Gasteiger partial charge on any atom is -0.504 e. The molecule has 200 valence electrons. The predicted octanol–water partition coefficient (Wildman–Crippen LogP) is 3.30. The topological polar surface area (TPSA) is 151 Å². The van der Waals surface area contributed by atoms with Gasteiger partial charge in [0.15, 0.2) is 17.5 Å². The SMILES string of the molecule is COC(=O)[C@H]1CSC(c2nc3ccc(OC(=O)N(C)CCN(C)C(=O)Oc4ccc(O)c(O)c4)cc3s2)=N1. The van der Waals surface area contributed by atoms with Gasteiger partial charge in [-0.3, -0.25) is 4.99 Å². The van der Waals surface area contributed by atoms with Crippen LogP contribution < -0.4 is 9.47 Å². The maximum atomic E-state index is 12.6. The number of nitrogens with zero attached hydrogens (tertiary/aromatic N) is 4. The summed E-state index contributed by atoms with van der Waals surface area (Å²) >= 11 is 2.82. The molecule has 0 saturated heterocycles. The Labute approximate surface area is 225 Å². The number of ether oxygens (including phenoxy) is 3. The van der Waals surface area contributed by atoms with E-state index >= 15 is 0 Å². The maximum Gasteiger partial charge on any atom is 0.415 e. The van der Waals surface area contributed by atoms with Gasteiger partial charge < -0.3 is 34.2 Å². The third-order valence-corrected chi connectivity index (χ3v) is 7.63. The lowest BCUT2D eigenvalue weighted by Gasteiger charge is -2.21. The number of aromatic hydroxyl groups is 2. The van der Waals surface area contributed by atoms with Crippen LogP contribution in [0.15, 0.2) is 41.4 Å². The first-order valence-electron chi connectivity index (χ1n) is 11.2. The first kappa shape index (κ1) is 27.0. The molecule has 0 radical (unpaired) electrons. The van der Waals surface area contributed by atoms with E-state index in [1.165, 1.54) is 66.2 Å². The van der Waals surface area contributed by atoms with Gasteiger partial charge in [-0.15, -0.1) is 23.1 Å². The van der Waals surface area contributed by atoms with Crippen molar-refractivity contribution in [3.63, 3.8) is 0 Å². The largest absolute Gasteiger partial charge is 0.504 e. The first-order valence-corrected chi connectivity index (χ1v) is 13.0. The molecule has 0 spiro atoms. The van der Waals surface area contributed by atoms with Crippen LogP contribution >= 0.6 is 23.1 Å². The van der Waals surface area contributed by atoms with Crippen molar-refractivity contribution in [2.45, 2.75) is 6.04 Å². The highest BCUT2D eigenvalue weighted by atomic mass is 32.2. The minimum atomic E-state index is -0.703. The van der Waals surface area contributed by atoms with E-state index in [9.17, 15) is 24.6 Å². The Hall–Kier alpha value is -4.04. The van der Waals surface area contributed by atoms with Crippen LogP contribution in [0.4, 0.5) is 9.59 Å². The zero-order valence-corrected chi connectivity index (χ0v) is 22.2. The second kappa shape index (κ2) is 11.6. The molecular weight excluding hydrogens is 536 g/mol. The number of methoxy groups -OCH3 is 1. The molecular formula is C24H24N4O8S2. The molecule has 14 heteroatoms. The number of hydrogen-bond donors (Lipinski definition) is 2. The lowest BCUT2D eigenvalue weighted by atomic mass is 10.3. The monoisotopic (exact) mass is 560 g/mol. The van der Waals surface area contributed by atoms with Crippen LogP contribution in [0, 0.1) is 0 Å². The van der Waals surface area contributed by atoms with E-state index in [1.807, 2.05) is 0 Å². The number of phenolic OH excluding ortho intramolecular Hbond substituents is 2. The molecule has 12 nitrogen and oxygen atoms in total. The molecule has 3 aromatic rings. The van der Waals surface area contributed by atoms with Crippen molar-refractivity contribution in [2.75, 3.05) is 40.0 Å². The first-order chi connectivity index (χ1) is 18.1. The number of hydrogen-bond acceptors (Lipinski definition) is 12. The van der Waals surface area contributed by atoms with E-state index in [-0.39, 0.29) is 30.6 Å². The summed E-state index contributed by atoms with van der Waals surface area (Å²) < 4.78 is 16.2. The van der Waals surface area contributed by atoms with Gasteiger partial charge in [-0.2, -0.15) is 0 Å². The van der Waals surface area contributed by atoms with E-state index in [2.05, 4.69) is 9.98 Å². The Morgan fingerprint density at radius 1 is 0.974 bits per heavy atom. The summed E-state index contributed by atoms with van der Waals surface area (Å²) in [6, 6.07) is 8.20. The summed E-state index contributed by atoms with van der Waals surface area (Å²) in [6.45, 7) is 0.314. The Morgan fingerprint density at radius 3 is 2.24 bits per heavy atom. The maximum absolute atomic E-state index is 12.6. The molecule has 38 heavy (non-hydrogen) atoms. The van der Waals surface area contributed by atoms with Crippen LogP contribution in [0.2, 0.25) is 0 Å². The van der Waals surface area contributed by atoms with Gasteiger partial charge in [-0.25, -0.2) is 19.4 Å². The summed E-state index contributed by atoms with van der Waals surface area (Å²) in [7, 11) is 4.37. The van der Waals surface area contributed by atoms with Crippen molar-refractivity contribution in [3.05, 3.63) is 41.4 Å².